The second-order valence-corrected chi connectivity index (χ2v) is 11.0. The quantitative estimate of drug-likeness (QED) is 0.270. The lowest BCUT2D eigenvalue weighted by Gasteiger charge is -2.19. The first-order valence-electron chi connectivity index (χ1n) is 10.5. The summed E-state index contributed by atoms with van der Waals surface area (Å²) in [7, 11) is -7.36. The topological polar surface area (TPSA) is 93.1 Å². The minimum absolute atomic E-state index is 0.536. The minimum Gasteiger partial charge on any atom is -0.416 e. The van der Waals surface area contributed by atoms with Gasteiger partial charge in [0.25, 0.3) is 0 Å². The SMILES string of the molecule is CP(=O)(Oc1ccccc1)Oc1ccccc1.O=P(O)(O)C(c1ccccc1)c1ccccc1. The van der Waals surface area contributed by atoms with Gasteiger partial charge in [-0.3, -0.25) is 4.57 Å². The van der Waals surface area contributed by atoms with E-state index in [0.29, 0.717) is 22.6 Å². The second-order valence-electron chi connectivity index (χ2n) is 7.39. The summed E-state index contributed by atoms with van der Waals surface area (Å²) in [4.78, 5) is 19.0. The molecule has 8 heteroatoms. The molecule has 0 unspecified atom stereocenters. The molecule has 0 aromatic heterocycles. The predicted molar refractivity (Wildman–Crippen MR) is 134 cm³/mol. The number of hydrogen-bond donors (Lipinski definition) is 2. The Bertz CT molecular complexity index is 1140. The van der Waals surface area contributed by atoms with E-state index in [1.807, 2.05) is 48.5 Å². The Balaban J connectivity index is 0.000000191. The van der Waals surface area contributed by atoms with Gasteiger partial charge in [-0.15, -0.1) is 0 Å². The van der Waals surface area contributed by atoms with Crippen molar-refractivity contribution in [3.8, 4) is 11.5 Å². The first-order valence-corrected chi connectivity index (χ1v) is 14.1. The molecule has 0 bridgehead atoms. The van der Waals surface area contributed by atoms with Crippen molar-refractivity contribution >= 4 is 15.2 Å². The highest BCUT2D eigenvalue weighted by atomic mass is 31.2. The maximum atomic E-state index is 12.1. The maximum Gasteiger partial charge on any atom is 0.427 e. The molecular formula is C26H26O6P2. The largest absolute Gasteiger partial charge is 0.427 e. The van der Waals surface area contributed by atoms with Crippen molar-refractivity contribution < 1.29 is 28.0 Å². The molecule has 0 saturated heterocycles. The van der Waals surface area contributed by atoms with Crippen LogP contribution in [0.3, 0.4) is 0 Å². The Morgan fingerprint density at radius 3 is 1.15 bits per heavy atom. The van der Waals surface area contributed by atoms with Gasteiger partial charge < -0.3 is 18.8 Å². The first-order chi connectivity index (χ1) is 16.2. The Hall–Kier alpha value is -3.14. The van der Waals surface area contributed by atoms with Crippen LogP contribution in [0.5, 0.6) is 11.5 Å². The molecule has 0 aliphatic rings. The van der Waals surface area contributed by atoms with Gasteiger partial charge in [0.15, 0.2) is 0 Å². The number of para-hydroxylation sites is 2. The summed E-state index contributed by atoms with van der Waals surface area (Å²) < 4.78 is 34.4. The summed E-state index contributed by atoms with van der Waals surface area (Å²) in [6, 6.07) is 35.7. The van der Waals surface area contributed by atoms with Gasteiger partial charge in [-0.25, -0.2) is 4.57 Å². The van der Waals surface area contributed by atoms with Crippen LogP contribution in [0, 0.1) is 0 Å². The van der Waals surface area contributed by atoms with E-state index in [1.165, 1.54) is 6.66 Å². The first kappa shape index (κ1) is 25.5. The molecule has 4 rings (SSSR count). The lowest BCUT2D eigenvalue weighted by atomic mass is 10.0. The maximum absolute atomic E-state index is 12.1. The van der Waals surface area contributed by atoms with Crippen molar-refractivity contribution in [2.45, 2.75) is 5.66 Å². The number of hydrogen-bond acceptors (Lipinski definition) is 4. The fourth-order valence-corrected chi connectivity index (χ4v) is 5.38. The van der Waals surface area contributed by atoms with E-state index in [1.54, 1.807) is 72.8 Å². The smallest absolute Gasteiger partial charge is 0.416 e. The summed E-state index contributed by atoms with van der Waals surface area (Å²) in [6.45, 7) is 1.45. The van der Waals surface area contributed by atoms with E-state index in [0.717, 1.165) is 0 Å². The van der Waals surface area contributed by atoms with E-state index >= 15 is 0 Å². The van der Waals surface area contributed by atoms with Gasteiger partial charge in [0.05, 0.1) is 6.66 Å². The predicted octanol–water partition coefficient (Wildman–Crippen LogP) is 6.92. The number of benzene rings is 4. The van der Waals surface area contributed by atoms with Crippen molar-refractivity contribution in [3.63, 3.8) is 0 Å². The minimum atomic E-state index is -4.22. The zero-order valence-corrected chi connectivity index (χ0v) is 20.3. The summed E-state index contributed by atoms with van der Waals surface area (Å²) >= 11 is 0. The zero-order chi connectivity index (χ0) is 24.4. The molecule has 176 valence electrons. The molecule has 0 aliphatic carbocycles. The van der Waals surface area contributed by atoms with Crippen molar-refractivity contribution in [2.24, 2.45) is 0 Å². The second kappa shape index (κ2) is 11.8. The van der Waals surface area contributed by atoms with E-state index in [-0.39, 0.29) is 0 Å². The Kier molecular flexibility index (Phi) is 8.86. The van der Waals surface area contributed by atoms with Gasteiger partial charge in [0.1, 0.15) is 17.2 Å². The monoisotopic (exact) mass is 496 g/mol. The molecule has 0 fully saturated rings. The number of rotatable bonds is 7. The highest BCUT2D eigenvalue weighted by molar-refractivity contribution is 7.53. The summed E-state index contributed by atoms with van der Waals surface area (Å²) in [5.41, 5.74) is 0.379. The van der Waals surface area contributed by atoms with Gasteiger partial charge in [0, 0.05) is 0 Å². The molecule has 0 spiro atoms. The molecule has 4 aromatic carbocycles. The lowest BCUT2D eigenvalue weighted by Crippen LogP contribution is -2.01. The lowest BCUT2D eigenvalue weighted by molar-refractivity contribution is 0.364. The van der Waals surface area contributed by atoms with Gasteiger partial charge in [-0.2, -0.15) is 0 Å². The summed E-state index contributed by atoms with van der Waals surface area (Å²) in [5.74, 6) is 1.07. The standard InChI is InChI=1S/2C13H13O3P/c1-17(14,15-12-8-4-2-5-9-12)16-13-10-6-3-7-11-13;14-17(15,16)13(11-7-3-1-4-8-11)12-9-5-2-6-10-12/h2-11H,1H3;1-10,13H,(H2,14,15,16). The van der Waals surface area contributed by atoms with Crippen LogP contribution in [0.25, 0.3) is 0 Å². The summed E-state index contributed by atoms with van der Waals surface area (Å²) in [5, 5.41) is 0. The van der Waals surface area contributed by atoms with Crippen LogP contribution in [-0.4, -0.2) is 16.5 Å². The van der Waals surface area contributed by atoms with Gasteiger partial charge in [-0.05, 0) is 35.4 Å². The van der Waals surface area contributed by atoms with Gasteiger partial charge in [0.2, 0.25) is 0 Å². The van der Waals surface area contributed by atoms with Crippen LogP contribution in [-0.2, 0) is 9.13 Å². The zero-order valence-electron chi connectivity index (χ0n) is 18.5. The van der Waals surface area contributed by atoms with Gasteiger partial charge in [-0.1, -0.05) is 97.1 Å². The third-order valence-corrected chi connectivity index (χ3v) is 6.95. The van der Waals surface area contributed by atoms with E-state index in [9.17, 15) is 18.9 Å². The van der Waals surface area contributed by atoms with Crippen molar-refractivity contribution in [3.05, 3.63) is 132 Å². The Morgan fingerprint density at radius 2 is 0.853 bits per heavy atom. The molecule has 0 heterocycles. The molecule has 0 radical (unpaired) electrons. The molecule has 2 N–H and O–H groups in total. The average Bonchev–Trinajstić information content (AvgIpc) is 2.81. The van der Waals surface area contributed by atoms with Crippen molar-refractivity contribution in [1.82, 2.24) is 0 Å². The van der Waals surface area contributed by atoms with E-state index in [4.69, 9.17) is 9.05 Å². The van der Waals surface area contributed by atoms with Crippen LogP contribution in [0.4, 0.5) is 0 Å². The third-order valence-electron chi connectivity index (χ3n) is 4.60. The van der Waals surface area contributed by atoms with Crippen LogP contribution in [0.1, 0.15) is 16.8 Å². The highest BCUT2D eigenvalue weighted by Gasteiger charge is 2.31. The normalized spacial score (nSPS) is 11.3. The summed E-state index contributed by atoms with van der Waals surface area (Å²) in [6.07, 6.45) is 0. The highest BCUT2D eigenvalue weighted by Crippen LogP contribution is 2.55. The van der Waals surface area contributed by atoms with Crippen LogP contribution in [0.2, 0.25) is 0 Å². The van der Waals surface area contributed by atoms with Crippen molar-refractivity contribution in [2.75, 3.05) is 6.66 Å². The Morgan fingerprint density at radius 1 is 0.559 bits per heavy atom. The fraction of sp³-hybridized carbons (Fsp3) is 0.0769. The molecule has 0 atom stereocenters. The van der Waals surface area contributed by atoms with E-state index < -0.39 is 20.9 Å². The van der Waals surface area contributed by atoms with Gasteiger partial charge >= 0.3 is 15.2 Å². The van der Waals surface area contributed by atoms with E-state index in [2.05, 4.69) is 0 Å². The molecule has 0 amide bonds. The molecular weight excluding hydrogens is 470 g/mol. The molecule has 6 nitrogen and oxygen atoms in total. The average molecular weight is 496 g/mol. The molecule has 0 aliphatic heterocycles. The molecule has 0 saturated carbocycles. The third kappa shape index (κ3) is 8.02. The Labute approximate surface area is 199 Å². The fourth-order valence-electron chi connectivity index (χ4n) is 3.22. The van der Waals surface area contributed by atoms with Crippen molar-refractivity contribution in [1.29, 1.82) is 0 Å². The molecule has 4 aromatic rings. The van der Waals surface area contributed by atoms with Crippen LogP contribution < -0.4 is 9.05 Å². The van der Waals surface area contributed by atoms with Crippen LogP contribution >= 0.6 is 15.2 Å². The molecule has 34 heavy (non-hydrogen) atoms. The van der Waals surface area contributed by atoms with Crippen LogP contribution in [0.15, 0.2) is 121 Å².